The smallest absolute Gasteiger partial charge is 0.343 e. The molecule has 7 nitrogen and oxygen atoms in total. The summed E-state index contributed by atoms with van der Waals surface area (Å²) < 4.78 is 5.17. The van der Waals surface area contributed by atoms with Gasteiger partial charge in [0.1, 0.15) is 17.0 Å². The van der Waals surface area contributed by atoms with Gasteiger partial charge < -0.3 is 14.6 Å². The van der Waals surface area contributed by atoms with Gasteiger partial charge in [-0.15, -0.1) is 0 Å². The number of fused-ring (bicyclic) bond motifs is 1. The normalized spacial score (nSPS) is 14.2. The molecule has 3 aromatic rings. The van der Waals surface area contributed by atoms with Crippen LogP contribution in [0.3, 0.4) is 0 Å². The second kappa shape index (κ2) is 6.92. The van der Waals surface area contributed by atoms with Crippen molar-refractivity contribution in [2.45, 2.75) is 19.8 Å². The number of hydrogen-bond acceptors (Lipinski definition) is 6. The van der Waals surface area contributed by atoms with Crippen LogP contribution in [-0.4, -0.2) is 45.6 Å². The van der Waals surface area contributed by atoms with Crippen molar-refractivity contribution in [3.05, 3.63) is 35.2 Å². The lowest BCUT2D eigenvalue weighted by molar-refractivity contribution is 0.0526. The summed E-state index contributed by atoms with van der Waals surface area (Å²) >= 11 is 6.08. The van der Waals surface area contributed by atoms with Gasteiger partial charge in [0.15, 0.2) is 5.82 Å². The Hall–Kier alpha value is -2.67. The quantitative estimate of drug-likeness (QED) is 0.707. The summed E-state index contributed by atoms with van der Waals surface area (Å²) in [6, 6.07) is 1.83. The van der Waals surface area contributed by atoms with Crippen molar-refractivity contribution >= 4 is 34.4 Å². The third-order valence-corrected chi connectivity index (χ3v) is 4.61. The van der Waals surface area contributed by atoms with Crippen molar-refractivity contribution in [3.8, 4) is 11.4 Å². The molecule has 1 aliphatic heterocycles. The van der Waals surface area contributed by atoms with E-state index in [9.17, 15) is 4.79 Å². The van der Waals surface area contributed by atoms with Crippen LogP contribution in [0.2, 0.25) is 5.02 Å². The second-order valence-electron chi connectivity index (χ2n) is 6.10. The summed E-state index contributed by atoms with van der Waals surface area (Å²) in [6.45, 7) is 3.83. The molecule has 1 N–H and O–H groups in total. The maximum Gasteiger partial charge on any atom is 0.343 e. The molecule has 4 heterocycles. The third-order valence-electron chi connectivity index (χ3n) is 4.41. The molecule has 26 heavy (non-hydrogen) atoms. The summed E-state index contributed by atoms with van der Waals surface area (Å²) in [6.07, 6.45) is 7.10. The van der Waals surface area contributed by atoms with Crippen molar-refractivity contribution in [2.24, 2.45) is 0 Å². The fourth-order valence-electron chi connectivity index (χ4n) is 3.19. The molecule has 134 valence electrons. The minimum absolute atomic E-state index is 0.312. The largest absolute Gasteiger partial charge is 0.462 e. The van der Waals surface area contributed by atoms with E-state index in [0.717, 1.165) is 36.9 Å². The third kappa shape index (κ3) is 2.99. The van der Waals surface area contributed by atoms with Gasteiger partial charge >= 0.3 is 5.97 Å². The number of hydrogen-bond donors (Lipinski definition) is 1. The van der Waals surface area contributed by atoms with E-state index in [2.05, 4.69) is 19.9 Å². The highest BCUT2D eigenvalue weighted by Gasteiger charge is 2.24. The zero-order valence-corrected chi connectivity index (χ0v) is 15.1. The molecule has 1 saturated heterocycles. The number of nitrogens with one attached hydrogen (secondary N) is 1. The predicted molar refractivity (Wildman–Crippen MR) is 99.5 cm³/mol. The minimum atomic E-state index is -0.399. The molecule has 4 rings (SSSR count). The molecule has 0 aromatic carbocycles. The summed E-state index contributed by atoms with van der Waals surface area (Å²) in [5.41, 5.74) is 1.91. The van der Waals surface area contributed by atoms with E-state index in [0.29, 0.717) is 34.5 Å². The lowest BCUT2D eigenvalue weighted by Crippen LogP contribution is -2.23. The van der Waals surface area contributed by atoms with Gasteiger partial charge in [0, 0.05) is 42.6 Å². The van der Waals surface area contributed by atoms with E-state index in [1.165, 1.54) is 0 Å². The van der Waals surface area contributed by atoms with Crippen LogP contribution in [0.15, 0.2) is 24.7 Å². The molecule has 0 bridgehead atoms. The Bertz CT molecular complexity index is 965. The molecule has 1 aliphatic rings. The van der Waals surface area contributed by atoms with Crippen molar-refractivity contribution in [2.75, 3.05) is 24.6 Å². The Morgan fingerprint density at radius 1 is 1.31 bits per heavy atom. The lowest BCUT2D eigenvalue weighted by Gasteiger charge is -2.19. The first-order valence-corrected chi connectivity index (χ1v) is 8.97. The highest BCUT2D eigenvalue weighted by atomic mass is 35.5. The summed E-state index contributed by atoms with van der Waals surface area (Å²) in [5, 5.41) is 1.38. The van der Waals surface area contributed by atoms with Gasteiger partial charge in [-0.25, -0.2) is 19.7 Å². The summed E-state index contributed by atoms with van der Waals surface area (Å²) in [4.78, 5) is 30.9. The molecule has 0 unspecified atom stereocenters. The number of ether oxygens (including phenoxy) is 1. The van der Waals surface area contributed by atoms with Crippen LogP contribution in [0.25, 0.3) is 22.4 Å². The molecule has 1 fully saturated rings. The maximum absolute atomic E-state index is 12.3. The Balaban J connectivity index is 1.83. The molecule has 0 amide bonds. The van der Waals surface area contributed by atoms with E-state index in [-0.39, 0.29) is 0 Å². The van der Waals surface area contributed by atoms with Gasteiger partial charge in [0.25, 0.3) is 0 Å². The summed E-state index contributed by atoms with van der Waals surface area (Å²) in [5.74, 6) is 0.746. The van der Waals surface area contributed by atoms with Crippen LogP contribution in [0, 0.1) is 0 Å². The van der Waals surface area contributed by atoms with Gasteiger partial charge in [-0.3, -0.25) is 0 Å². The molecular weight excluding hydrogens is 354 g/mol. The standard InChI is InChI=1S/C18H18ClN5O2/c1-2-26-18(25)14-10-22-16(23-17(14)24-5-3-4-6-24)13-9-21-15-12(13)7-11(19)8-20-15/h7-10H,2-6H2,1H3,(H,20,21). The average molecular weight is 372 g/mol. The SMILES string of the molecule is CCOC(=O)c1cnc(-c2c[nH]c3ncc(Cl)cc23)nc1N1CCCC1. The first kappa shape index (κ1) is 16.8. The van der Waals surface area contributed by atoms with Crippen LogP contribution in [0.1, 0.15) is 30.1 Å². The fourth-order valence-corrected chi connectivity index (χ4v) is 3.35. The number of aromatic amines is 1. The van der Waals surface area contributed by atoms with E-state index < -0.39 is 5.97 Å². The number of esters is 1. The second-order valence-corrected chi connectivity index (χ2v) is 6.53. The monoisotopic (exact) mass is 371 g/mol. The molecule has 0 radical (unpaired) electrons. The van der Waals surface area contributed by atoms with Crippen LogP contribution in [-0.2, 0) is 4.74 Å². The Kier molecular flexibility index (Phi) is 4.46. The van der Waals surface area contributed by atoms with Crippen molar-refractivity contribution in [1.82, 2.24) is 19.9 Å². The zero-order valence-electron chi connectivity index (χ0n) is 14.3. The number of nitrogens with zero attached hydrogens (tertiary/aromatic N) is 4. The van der Waals surface area contributed by atoms with E-state index in [1.807, 2.05) is 6.07 Å². The van der Waals surface area contributed by atoms with Gasteiger partial charge in [0.2, 0.25) is 0 Å². The predicted octanol–water partition coefficient (Wildman–Crippen LogP) is 3.45. The van der Waals surface area contributed by atoms with Crippen LogP contribution in [0.5, 0.6) is 0 Å². The topological polar surface area (TPSA) is 84.0 Å². The molecule has 0 atom stereocenters. The molecule has 8 heteroatoms. The van der Waals surface area contributed by atoms with Crippen molar-refractivity contribution in [3.63, 3.8) is 0 Å². The highest BCUT2D eigenvalue weighted by molar-refractivity contribution is 6.31. The Morgan fingerprint density at radius 3 is 2.88 bits per heavy atom. The van der Waals surface area contributed by atoms with E-state index in [1.54, 1.807) is 25.5 Å². The number of anilines is 1. The van der Waals surface area contributed by atoms with Gasteiger partial charge in [0.05, 0.1) is 11.6 Å². The van der Waals surface area contributed by atoms with E-state index in [4.69, 9.17) is 21.3 Å². The van der Waals surface area contributed by atoms with Crippen molar-refractivity contribution < 1.29 is 9.53 Å². The number of carbonyl (C=O) groups excluding carboxylic acids is 1. The number of halogens is 1. The van der Waals surface area contributed by atoms with Crippen LogP contribution in [0.4, 0.5) is 5.82 Å². The number of aromatic nitrogens is 4. The van der Waals surface area contributed by atoms with Gasteiger partial charge in [-0.05, 0) is 25.8 Å². The van der Waals surface area contributed by atoms with Crippen LogP contribution < -0.4 is 4.90 Å². The molecule has 0 spiro atoms. The first-order chi connectivity index (χ1) is 12.7. The Morgan fingerprint density at radius 2 is 2.12 bits per heavy atom. The molecular formula is C18H18ClN5O2. The number of H-pyrrole nitrogens is 1. The highest BCUT2D eigenvalue weighted by Crippen LogP contribution is 2.30. The minimum Gasteiger partial charge on any atom is -0.462 e. The number of rotatable bonds is 4. The van der Waals surface area contributed by atoms with E-state index >= 15 is 0 Å². The van der Waals surface area contributed by atoms with Gasteiger partial charge in [-0.2, -0.15) is 0 Å². The molecule has 3 aromatic heterocycles. The fraction of sp³-hybridized carbons (Fsp3) is 0.333. The zero-order chi connectivity index (χ0) is 18.1. The molecule has 0 saturated carbocycles. The summed E-state index contributed by atoms with van der Waals surface area (Å²) in [7, 11) is 0. The lowest BCUT2D eigenvalue weighted by atomic mass is 10.2. The number of pyridine rings is 1. The Labute approximate surface area is 155 Å². The van der Waals surface area contributed by atoms with Crippen LogP contribution >= 0.6 is 11.6 Å². The van der Waals surface area contributed by atoms with Crippen molar-refractivity contribution in [1.29, 1.82) is 0 Å². The maximum atomic E-state index is 12.3. The first-order valence-electron chi connectivity index (χ1n) is 8.59. The number of carbonyl (C=O) groups is 1. The average Bonchev–Trinajstić information content (AvgIpc) is 3.31. The van der Waals surface area contributed by atoms with Gasteiger partial charge in [-0.1, -0.05) is 11.6 Å². The molecule has 0 aliphatic carbocycles.